The molecule has 0 aliphatic rings. The van der Waals surface area contributed by atoms with Crippen molar-refractivity contribution in [3.8, 4) is 11.6 Å². The monoisotopic (exact) mass is 349 g/mol. The summed E-state index contributed by atoms with van der Waals surface area (Å²) in [5.41, 5.74) is 5.85. The van der Waals surface area contributed by atoms with Gasteiger partial charge in [0.1, 0.15) is 0 Å². The van der Waals surface area contributed by atoms with Crippen LogP contribution in [0.5, 0.6) is 5.88 Å². The Labute approximate surface area is 153 Å². The van der Waals surface area contributed by atoms with Crippen molar-refractivity contribution >= 4 is 5.91 Å². The number of rotatable bonds is 5. The van der Waals surface area contributed by atoms with Crippen LogP contribution in [0.1, 0.15) is 32.9 Å². The number of nitrogens with zero attached hydrogens (tertiary/aromatic N) is 2. The number of aryl methyl sites for hydroxylation is 2. The fourth-order valence-corrected chi connectivity index (χ4v) is 3.09. The van der Waals surface area contributed by atoms with Crippen LogP contribution in [0.25, 0.3) is 5.69 Å². The van der Waals surface area contributed by atoms with E-state index in [1.807, 2.05) is 38.1 Å². The molecule has 0 atom stereocenters. The molecule has 0 fully saturated rings. The molecule has 1 aromatic carbocycles. The molecule has 3 rings (SSSR count). The summed E-state index contributed by atoms with van der Waals surface area (Å²) in [4.78, 5) is 16.8. The first kappa shape index (κ1) is 17.7. The lowest BCUT2D eigenvalue weighted by Crippen LogP contribution is -2.23. The molecule has 1 N–H and O–H groups in total. The second-order valence-electron chi connectivity index (χ2n) is 6.30. The number of carbonyl (C=O) groups is 1. The van der Waals surface area contributed by atoms with Crippen LogP contribution in [0.3, 0.4) is 0 Å². The minimum atomic E-state index is -0.0891. The van der Waals surface area contributed by atoms with Gasteiger partial charge in [0.15, 0.2) is 0 Å². The number of ether oxygens (including phenoxy) is 1. The van der Waals surface area contributed by atoms with E-state index in [1.54, 1.807) is 19.4 Å². The first-order valence-electron chi connectivity index (χ1n) is 8.53. The molecule has 2 heterocycles. The normalized spacial score (nSPS) is 10.6. The van der Waals surface area contributed by atoms with Crippen LogP contribution in [0, 0.1) is 20.8 Å². The number of para-hydroxylation sites is 1. The molecule has 2 aromatic heterocycles. The Balaban J connectivity index is 1.80. The van der Waals surface area contributed by atoms with Crippen molar-refractivity contribution in [2.45, 2.75) is 27.3 Å². The summed E-state index contributed by atoms with van der Waals surface area (Å²) in [7, 11) is 1.58. The van der Waals surface area contributed by atoms with Crippen molar-refractivity contribution in [2.24, 2.45) is 0 Å². The molecule has 0 aliphatic carbocycles. The number of aromatic nitrogens is 2. The van der Waals surface area contributed by atoms with Crippen LogP contribution in [0.15, 0.2) is 48.7 Å². The van der Waals surface area contributed by atoms with Gasteiger partial charge < -0.3 is 14.6 Å². The molecule has 5 heteroatoms. The predicted octanol–water partition coefficient (Wildman–Crippen LogP) is 3.74. The first-order valence-corrected chi connectivity index (χ1v) is 8.53. The number of pyridine rings is 1. The Morgan fingerprint density at radius 2 is 1.92 bits per heavy atom. The molecule has 26 heavy (non-hydrogen) atoms. The van der Waals surface area contributed by atoms with E-state index in [0.29, 0.717) is 18.0 Å². The highest BCUT2D eigenvalue weighted by Crippen LogP contribution is 2.23. The number of nitrogens with one attached hydrogen (secondary N) is 1. The first-order chi connectivity index (χ1) is 12.5. The van der Waals surface area contributed by atoms with E-state index in [9.17, 15) is 4.79 Å². The molecule has 0 aliphatic heterocycles. The average molecular weight is 349 g/mol. The lowest BCUT2D eigenvalue weighted by molar-refractivity contribution is 0.0950. The van der Waals surface area contributed by atoms with Gasteiger partial charge in [-0.05, 0) is 44.0 Å². The number of benzene rings is 1. The van der Waals surface area contributed by atoms with Gasteiger partial charge in [-0.25, -0.2) is 4.98 Å². The summed E-state index contributed by atoms with van der Waals surface area (Å²) in [5.74, 6) is 0.468. The van der Waals surface area contributed by atoms with E-state index in [4.69, 9.17) is 4.74 Å². The quantitative estimate of drug-likeness (QED) is 0.763. The highest BCUT2D eigenvalue weighted by Gasteiger charge is 2.17. The molecule has 134 valence electrons. The zero-order valence-electron chi connectivity index (χ0n) is 15.5. The molecule has 1 amide bonds. The number of carbonyl (C=O) groups excluding carboxylic acids is 1. The third-order valence-electron chi connectivity index (χ3n) is 4.49. The maximum absolute atomic E-state index is 12.7. The van der Waals surface area contributed by atoms with Crippen molar-refractivity contribution in [1.82, 2.24) is 14.9 Å². The molecular weight excluding hydrogens is 326 g/mol. The zero-order valence-corrected chi connectivity index (χ0v) is 15.5. The average Bonchev–Trinajstić information content (AvgIpc) is 2.95. The second kappa shape index (κ2) is 7.44. The molecule has 0 spiro atoms. The van der Waals surface area contributed by atoms with E-state index in [0.717, 1.165) is 22.6 Å². The minimum absolute atomic E-state index is 0.0891. The summed E-state index contributed by atoms with van der Waals surface area (Å²) < 4.78 is 7.17. The third kappa shape index (κ3) is 3.47. The lowest BCUT2D eigenvalue weighted by atomic mass is 10.2. The molecule has 0 unspecified atom stereocenters. The van der Waals surface area contributed by atoms with Crippen LogP contribution in [0.2, 0.25) is 0 Å². The number of hydrogen-bond acceptors (Lipinski definition) is 3. The molecular formula is C21H23N3O2. The zero-order chi connectivity index (χ0) is 18.7. The Bertz CT molecular complexity index is 927. The number of amides is 1. The fourth-order valence-electron chi connectivity index (χ4n) is 3.09. The van der Waals surface area contributed by atoms with Gasteiger partial charge in [-0.2, -0.15) is 0 Å². The predicted molar refractivity (Wildman–Crippen MR) is 102 cm³/mol. The van der Waals surface area contributed by atoms with E-state index >= 15 is 0 Å². The second-order valence-corrected chi connectivity index (χ2v) is 6.30. The van der Waals surface area contributed by atoms with E-state index < -0.39 is 0 Å². The van der Waals surface area contributed by atoms with E-state index in [2.05, 4.69) is 33.9 Å². The van der Waals surface area contributed by atoms with Gasteiger partial charge in [0, 0.05) is 35.9 Å². The Morgan fingerprint density at radius 3 is 2.58 bits per heavy atom. The minimum Gasteiger partial charge on any atom is -0.481 e. The largest absolute Gasteiger partial charge is 0.481 e. The van der Waals surface area contributed by atoms with Gasteiger partial charge in [-0.15, -0.1) is 0 Å². The Hall–Kier alpha value is -3.08. The van der Waals surface area contributed by atoms with Crippen molar-refractivity contribution in [1.29, 1.82) is 0 Å². The summed E-state index contributed by atoms with van der Waals surface area (Å²) >= 11 is 0. The summed E-state index contributed by atoms with van der Waals surface area (Å²) in [5, 5.41) is 2.97. The van der Waals surface area contributed by atoms with E-state index in [1.165, 1.54) is 5.56 Å². The summed E-state index contributed by atoms with van der Waals surface area (Å²) in [6.45, 7) is 6.49. The lowest BCUT2D eigenvalue weighted by Gasteiger charge is -2.13. The van der Waals surface area contributed by atoms with Gasteiger partial charge in [0.05, 0.1) is 12.7 Å². The van der Waals surface area contributed by atoms with Gasteiger partial charge in [-0.3, -0.25) is 4.79 Å². The number of hydrogen-bond donors (Lipinski definition) is 1. The van der Waals surface area contributed by atoms with Gasteiger partial charge in [-0.1, -0.05) is 24.3 Å². The van der Waals surface area contributed by atoms with Crippen LogP contribution < -0.4 is 10.1 Å². The molecule has 3 aromatic rings. The maximum atomic E-state index is 12.7. The van der Waals surface area contributed by atoms with Gasteiger partial charge >= 0.3 is 0 Å². The Morgan fingerprint density at radius 1 is 1.15 bits per heavy atom. The topological polar surface area (TPSA) is 56.1 Å². The van der Waals surface area contributed by atoms with Crippen molar-refractivity contribution in [3.05, 3.63) is 76.7 Å². The van der Waals surface area contributed by atoms with E-state index in [-0.39, 0.29) is 5.91 Å². The molecule has 0 radical (unpaired) electrons. The summed E-state index contributed by atoms with van der Waals surface area (Å²) in [6, 6.07) is 13.8. The number of methoxy groups -OCH3 is 1. The highest BCUT2D eigenvalue weighted by atomic mass is 16.5. The molecule has 0 saturated carbocycles. The standard InChI is InChI=1S/C21H23N3O2/c1-14-7-5-6-8-19(14)24-15(2)11-18(16(24)3)21(25)23-13-17-9-10-20(26-4)22-12-17/h5-12H,13H2,1-4H3,(H,23,25). The van der Waals surface area contributed by atoms with Crippen molar-refractivity contribution < 1.29 is 9.53 Å². The maximum Gasteiger partial charge on any atom is 0.253 e. The molecule has 0 saturated heterocycles. The van der Waals surface area contributed by atoms with Crippen molar-refractivity contribution in [3.63, 3.8) is 0 Å². The third-order valence-corrected chi connectivity index (χ3v) is 4.49. The molecule has 5 nitrogen and oxygen atoms in total. The van der Waals surface area contributed by atoms with Gasteiger partial charge in [0.25, 0.3) is 5.91 Å². The van der Waals surface area contributed by atoms with Crippen molar-refractivity contribution in [2.75, 3.05) is 7.11 Å². The fraction of sp³-hybridized carbons (Fsp3) is 0.238. The van der Waals surface area contributed by atoms with Crippen LogP contribution in [-0.4, -0.2) is 22.6 Å². The van der Waals surface area contributed by atoms with Crippen LogP contribution in [-0.2, 0) is 6.54 Å². The molecule has 0 bridgehead atoms. The van der Waals surface area contributed by atoms with Crippen LogP contribution >= 0.6 is 0 Å². The van der Waals surface area contributed by atoms with Gasteiger partial charge in [0.2, 0.25) is 5.88 Å². The Kier molecular flexibility index (Phi) is 5.07. The SMILES string of the molecule is COc1ccc(CNC(=O)c2cc(C)n(-c3ccccc3C)c2C)cn1. The van der Waals surface area contributed by atoms with Crippen LogP contribution in [0.4, 0.5) is 0 Å². The summed E-state index contributed by atoms with van der Waals surface area (Å²) in [6.07, 6.45) is 1.70. The smallest absolute Gasteiger partial charge is 0.253 e. The highest BCUT2D eigenvalue weighted by molar-refractivity contribution is 5.95.